The molecule has 3 rings (SSSR count). The number of carbonyl (C=O) groups excluding carboxylic acids is 1. The monoisotopic (exact) mass is 291 g/mol. The fourth-order valence-corrected chi connectivity index (χ4v) is 2.36. The quantitative estimate of drug-likeness (QED) is 0.677. The SMILES string of the molecule is COC(=O)CCN1CCN(c2ccc3nnnn3n2)CC1. The minimum Gasteiger partial charge on any atom is -0.469 e. The van der Waals surface area contributed by atoms with Gasteiger partial charge in [-0.05, 0) is 22.6 Å². The fourth-order valence-electron chi connectivity index (χ4n) is 2.36. The van der Waals surface area contributed by atoms with Gasteiger partial charge in [-0.3, -0.25) is 9.69 Å². The van der Waals surface area contributed by atoms with Gasteiger partial charge in [0.2, 0.25) is 0 Å². The van der Waals surface area contributed by atoms with E-state index in [-0.39, 0.29) is 5.97 Å². The molecule has 0 N–H and O–H groups in total. The third-order valence-electron chi connectivity index (χ3n) is 3.61. The van der Waals surface area contributed by atoms with E-state index in [4.69, 9.17) is 0 Å². The Bertz CT molecular complexity index is 621. The van der Waals surface area contributed by atoms with Crippen molar-refractivity contribution < 1.29 is 9.53 Å². The molecule has 1 saturated heterocycles. The molecule has 9 nitrogen and oxygen atoms in total. The molecular weight excluding hydrogens is 274 g/mol. The van der Waals surface area contributed by atoms with Gasteiger partial charge in [-0.15, -0.1) is 14.8 Å². The second-order valence-electron chi connectivity index (χ2n) is 4.87. The van der Waals surface area contributed by atoms with Crippen LogP contribution in [0.5, 0.6) is 0 Å². The molecule has 0 bridgehead atoms. The van der Waals surface area contributed by atoms with Crippen molar-refractivity contribution in [2.75, 3.05) is 44.7 Å². The number of hydrogen-bond acceptors (Lipinski definition) is 8. The number of carbonyl (C=O) groups is 1. The summed E-state index contributed by atoms with van der Waals surface area (Å²) in [5, 5.41) is 15.6. The van der Waals surface area contributed by atoms with E-state index >= 15 is 0 Å². The molecule has 1 fully saturated rings. The van der Waals surface area contributed by atoms with E-state index in [1.54, 1.807) is 0 Å². The number of piperazine rings is 1. The van der Waals surface area contributed by atoms with Crippen LogP contribution in [-0.2, 0) is 9.53 Å². The Morgan fingerprint density at radius 2 is 2.10 bits per heavy atom. The highest BCUT2D eigenvalue weighted by atomic mass is 16.5. The first-order chi connectivity index (χ1) is 10.3. The number of hydrogen-bond donors (Lipinski definition) is 0. The van der Waals surface area contributed by atoms with E-state index in [1.807, 2.05) is 12.1 Å². The van der Waals surface area contributed by atoms with E-state index < -0.39 is 0 Å². The largest absolute Gasteiger partial charge is 0.469 e. The van der Waals surface area contributed by atoms with E-state index in [9.17, 15) is 4.79 Å². The van der Waals surface area contributed by atoms with Gasteiger partial charge >= 0.3 is 5.97 Å². The molecule has 0 aromatic carbocycles. The molecule has 0 spiro atoms. The van der Waals surface area contributed by atoms with Gasteiger partial charge in [-0.25, -0.2) is 0 Å². The van der Waals surface area contributed by atoms with Gasteiger partial charge in [0.05, 0.1) is 13.5 Å². The summed E-state index contributed by atoms with van der Waals surface area (Å²) in [6.07, 6.45) is 0.436. The van der Waals surface area contributed by atoms with Crippen LogP contribution >= 0.6 is 0 Å². The molecule has 0 amide bonds. The summed E-state index contributed by atoms with van der Waals surface area (Å²) < 4.78 is 6.09. The molecule has 3 heterocycles. The van der Waals surface area contributed by atoms with Crippen LogP contribution in [0.3, 0.4) is 0 Å². The molecule has 1 aliphatic heterocycles. The van der Waals surface area contributed by atoms with Crippen LogP contribution in [0, 0.1) is 0 Å². The van der Waals surface area contributed by atoms with Crippen molar-refractivity contribution in [2.24, 2.45) is 0 Å². The highest BCUT2D eigenvalue weighted by molar-refractivity contribution is 5.69. The van der Waals surface area contributed by atoms with Crippen molar-refractivity contribution in [3.8, 4) is 0 Å². The van der Waals surface area contributed by atoms with Crippen LogP contribution in [0.15, 0.2) is 12.1 Å². The second-order valence-corrected chi connectivity index (χ2v) is 4.87. The lowest BCUT2D eigenvalue weighted by atomic mass is 10.3. The molecule has 2 aromatic heterocycles. The van der Waals surface area contributed by atoms with E-state index in [1.165, 1.54) is 11.7 Å². The van der Waals surface area contributed by atoms with Crippen LogP contribution in [0.1, 0.15) is 6.42 Å². The Morgan fingerprint density at radius 1 is 1.29 bits per heavy atom. The maximum Gasteiger partial charge on any atom is 0.306 e. The van der Waals surface area contributed by atoms with Gasteiger partial charge in [0, 0.05) is 32.7 Å². The number of rotatable bonds is 4. The molecule has 2 aromatic rings. The molecule has 0 unspecified atom stereocenters. The van der Waals surface area contributed by atoms with E-state index in [2.05, 4.69) is 35.2 Å². The summed E-state index contributed by atoms with van der Waals surface area (Å²) in [5.41, 5.74) is 0.635. The lowest BCUT2D eigenvalue weighted by Crippen LogP contribution is -2.47. The summed E-state index contributed by atoms with van der Waals surface area (Å²) in [6, 6.07) is 3.78. The Hall–Kier alpha value is -2.29. The van der Waals surface area contributed by atoms with E-state index in [0.29, 0.717) is 12.1 Å². The first-order valence-corrected chi connectivity index (χ1v) is 6.86. The predicted octanol–water partition coefficient (Wildman–Crippen LogP) is -0.796. The van der Waals surface area contributed by atoms with Gasteiger partial charge in [0.15, 0.2) is 11.5 Å². The fraction of sp³-hybridized carbons (Fsp3) is 0.583. The molecule has 9 heteroatoms. The summed E-state index contributed by atoms with van der Waals surface area (Å²) in [4.78, 5) is 15.6. The summed E-state index contributed by atoms with van der Waals surface area (Å²) >= 11 is 0. The minimum absolute atomic E-state index is 0.164. The Labute approximate surface area is 121 Å². The highest BCUT2D eigenvalue weighted by Gasteiger charge is 2.19. The van der Waals surface area contributed by atoms with Crippen molar-refractivity contribution in [3.63, 3.8) is 0 Å². The van der Waals surface area contributed by atoms with Gasteiger partial charge < -0.3 is 9.64 Å². The number of nitrogens with zero attached hydrogens (tertiary/aromatic N) is 7. The Morgan fingerprint density at radius 3 is 2.86 bits per heavy atom. The molecule has 21 heavy (non-hydrogen) atoms. The molecule has 0 atom stereocenters. The molecule has 112 valence electrons. The second kappa shape index (κ2) is 6.00. The first kappa shape index (κ1) is 13.7. The third kappa shape index (κ3) is 3.07. The maximum atomic E-state index is 11.1. The van der Waals surface area contributed by atoms with Gasteiger partial charge in [-0.1, -0.05) is 0 Å². The molecular formula is C12H17N7O2. The number of tetrazole rings is 1. The number of aromatic nitrogens is 5. The number of methoxy groups -OCH3 is 1. The van der Waals surface area contributed by atoms with Gasteiger partial charge in [0.1, 0.15) is 0 Å². The molecule has 0 radical (unpaired) electrons. The van der Waals surface area contributed by atoms with Crippen LogP contribution in [0.25, 0.3) is 5.65 Å². The van der Waals surface area contributed by atoms with Crippen molar-refractivity contribution in [1.29, 1.82) is 0 Å². The van der Waals surface area contributed by atoms with Gasteiger partial charge in [-0.2, -0.15) is 0 Å². The average Bonchev–Trinajstić information content (AvgIpc) is 3.00. The van der Waals surface area contributed by atoms with Crippen molar-refractivity contribution in [3.05, 3.63) is 12.1 Å². The topological polar surface area (TPSA) is 88.8 Å². The lowest BCUT2D eigenvalue weighted by molar-refractivity contribution is -0.141. The normalized spacial score (nSPS) is 16.3. The predicted molar refractivity (Wildman–Crippen MR) is 73.9 cm³/mol. The standard InChI is InChI=1S/C12H17N7O2/c1-21-12(20)4-5-17-6-8-18(9-7-17)11-3-2-10-13-15-16-19(10)14-11/h2-3H,4-9H2,1H3. The van der Waals surface area contributed by atoms with Crippen LogP contribution in [-0.4, -0.2) is 76.0 Å². The zero-order valence-electron chi connectivity index (χ0n) is 11.8. The highest BCUT2D eigenvalue weighted by Crippen LogP contribution is 2.13. The van der Waals surface area contributed by atoms with Crippen LogP contribution in [0.2, 0.25) is 0 Å². The molecule has 0 aliphatic carbocycles. The molecule has 0 saturated carbocycles. The number of ether oxygens (including phenoxy) is 1. The zero-order chi connectivity index (χ0) is 14.7. The average molecular weight is 291 g/mol. The maximum absolute atomic E-state index is 11.1. The molecule has 1 aliphatic rings. The minimum atomic E-state index is -0.164. The number of esters is 1. The Balaban J connectivity index is 1.56. The zero-order valence-corrected chi connectivity index (χ0v) is 11.8. The summed E-state index contributed by atoms with van der Waals surface area (Å²) in [6.45, 7) is 4.25. The lowest BCUT2D eigenvalue weighted by Gasteiger charge is -2.34. The van der Waals surface area contributed by atoms with E-state index in [0.717, 1.165) is 38.5 Å². The summed E-state index contributed by atoms with van der Waals surface area (Å²) in [5.74, 6) is 0.700. The number of fused-ring (bicyclic) bond motifs is 1. The van der Waals surface area contributed by atoms with Crippen molar-refractivity contribution >= 4 is 17.4 Å². The van der Waals surface area contributed by atoms with Crippen molar-refractivity contribution in [1.82, 2.24) is 30.2 Å². The smallest absolute Gasteiger partial charge is 0.306 e. The van der Waals surface area contributed by atoms with Gasteiger partial charge in [0.25, 0.3) is 0 Å². The number of anilines is 1. The van der Waals surface area contributed by atoms with Crippen LogP contribution in [0.4, 0.5) is 5.82 Å². The first-order valence-electron chi connectivity index (χ1n) is 6.86. The van der Waals surface area contributed by atoms with Crippen molar-refractivity contribution in [2.45, 2.75) is 6.42 Å². The third-order valence-corrected chi connectivity index (χ3v) is 3.61. The van der Waals surface area contributed by atoms with Crippen LogP contribution < -0.4 is 4.90 Å². The Kier molecular flexibility index (Phi) is 3.91. The summed E-state index contributed by atoms with van der Waals surface area (Å²) in [7, 11) is 1.42.